The first-order chi connectivity index (χ1) is 16.6. The smallest absolute Gasteiger partial charge is 0.255 e. The number of piperidine rings is 1. The first-order valence-electron chi connectivity index (χ1n) is 11.7. The molecule has 9 nitrogen and oxygen atoms in total. The quantitative estimate of drug-likeness (QED) is 0.625. The van der Waals surface area contributed by atoms with E-state index in [2.05, 4.69) is 19.2 Å². The lowest BCUT2D eigenvalue weighted by Gasteiger charge is -2.34. The summed E-state index contributed by atoms with van der Waals surface area (Å²) >= 11 is 0. The second-order valence-corrected chi connectivity index (χ2v) is 13.2. The van der Waals surface area contributed by atoms with Crippen LogP contribution in [0.3, 0.4) is 0 Å². The predicted octanol–water partition coefficient (Wildman–Crippen LogP) is 2.63. The lowest BCUT2D eigenvalue weighted by molar-refractivity contribution is 0.0730. The van der Waals surface area contributed by atoms with Crippen molar-refractivity contribution in [2.24, 2.45) is 11.8 Å². The molecule has 0 aliphatic carbocycles. The molecule has 4 rings (SSSR count). The zero-order valence-electron chi connectivity index (χ0n) is 19.9. The molecule has 2 atom stereocenters. The van der Waals surface area contributed by atoms with Gasteiger partial charge in [-0.05, 0) is 60.7 Å². The van der Waals surface area contributed by atoms with Crippen LogP contribution in [0.5, 0.6) is 0 Å². The van der Waals surface area contributed by atoms with Crippen LogP contribution < -0.4 is 5.32 Å². The maximum atomic E-state index is 13.1. The molecule has 2 aliphatic rings. The van der Waals surface area contributed by atoms with Crippen LogP contribution in [0, 0.1) is 11.8 Å². The summed E-state index contributed by atoms with van der Waals surface area (Å²) in [6.45, 7) is 6.30. The third-order valence-electron chi connectivity index (χ3n) is 6.29. The standard InChI is InChI=1S/C24H31N3O6S2/c1-18-14-19(2)17-27(16-18)34(29,30)22-8-6-21(7-9-22)25-24(28)20-4-3-5-23(15-20)35(31,32)26-10-12-33-13-11-26/h3-9,15,18-19H,10-14,16-17H2,1-2H3,(H,25,28)/t18-,19+. The molecule has 1 N–H and O–H groups in total. The zero-order chi connectivity index (χ0) is 25.2. The van der Waals surface area contributed by atoms with Gasteiger partial charge in [0.1, 0.15) is 0 Å². The molecule has 0 unspecified atom stereocenters. The summed E-state index contributed by atoms with van der Waals surface area (Å²) in [7, 11) is -7.35. The van der Waals surface area contributed by atoms with Crippen LogP contribution in [0.1, 0.15) is 30.6 Å². The number of ether oxygens (including phenoxy) is 1. The second-order valence-electron chi connectivity index (χ2n) is 9.29. The molecule has 2 fully saturated rings. The molecule has 2 aromatic carbocycles. The minimum Gasteiger partial charge on any atom is -0.379 e. The number of amides is 1. The van der Waals surface area contributed by atoms with E-state index in [-0.39, 0.29) is 28.4 Å². The Balaban J connectivity index is 1.47. The van der Waals surface area contributed by atoms with Crippen LogP contribution in [-0.4, -0.2) is 70.7 Å². The highest BCUT2D eigenvalue weighted by atomic mass is 32.2. The van der Waals surface area contributed by atoms with E-state index < -0.39 is 26.0 Å². The zero-order valence-corrected chi connectivity index (χ0v) is 21.5. The molecule has 1 amide bonds. The van der Waals surface area contributed by atoms with Gasteiger partial charge in [-0.1, -0.05) is 19.9 Å². The number of hydrogen-bond donors (Lipinski definition) is 1. The van der Waals surface area contributed by atoms with E-state index in [1.165, 1.54) is 57.1 Å². The van der Waals surface area contributed by atoms with Gasteiger partial charge >= 0.3 is 0 Å². The van der Waals surface area contributed by atoms with Gasteiger partial charge in [-0.3, -0.25) is 4.79 Å². The number of carbonyl (C=O) groups excluding carboxylic acids is 1. The molecule has 11 heteroatoms. The number of anilines is 1. The molecular weight excluding hydrogens is 490 g/mol. The van der Waals surface area contributed by atoms with E-state index in [1.54, 1.807) is 0 Å². The van der Waals surface area contributed by atoms with Crippen molar-refractivity contribution in [1.29, 1.82) is 0 Å². The number of nitrogens with zero attached hydrogens (tertiary/aromatic N) is 2. The topological polar surface area (TPSA) is 113 Å². The Hall–Kier alpha value is -2.31. The third kappa shape index (κ3) is 5.75. The number of rotatable bonds is 6. The van der Waals surface area contributed by atoms with Crippen LogP contribution in [0.2, 0.25) is 0 Å². The van der Waals surface area contributed by atoms with E-state index >= 15 is 0 Å². The minimum atomic E-state index is -3.73. The van der Waals surface area contributed by atoms with Crippen LogP contribution in [-0.2, 0) is 24.8 Å². The Morgan fingerprint density at radius 2 is 1.46 bits per heavy atom. The van der Waals surface area contributed by atoms with Crippen LogP contribution in [0.15, 0.2) is 58.3 Å². The van der Waals surface area contributed by atoms with Gasteiger partial charge in [0.05, 0.1) is 23.0 Å². The number of hydrogen-bond acceptors (Lipinski definition) is 6. The van der Waals surface area contributed by atoms with Crippen molar-refractivity contribution < 1.29 is 26.4 Å². The minimum absolute atomic E-state index is 0.0403. The van der Waals surface area contributed by atoms with Gasteiger partial charge in [-0.2, -0.15) is 8.61 Å². The Labute approximate surface area is 207 Å². The van der Waals surface area contributed by atoms with Gasteiger partial charge in [0.15, 0.2) is 0 Å². The summed E-state index contributed by atoms with van der Waals surface area (Å²) in [4.78, 5) is 13.0. The van der Waals surface area contributed by atoms with Gasteiger partial charge < -0.3 is 10.1 Å². The van der Waals surface area contributed by atoms with Crippen LogP contribution in [0.4, 0.5) is 5.69 Å². The summed E-state index contributed by atoms with van der Waals surface area (Å²) in [6, 6.07) is 11.9. The van der Waals surface area contributed by atoms with Crippen LogP contribution >= 0.6 is 0 Å². The van der Waals surface area contributed by atoms with E-state index in [0.717, 1.165) is 6.42 Å². The van der Waals surface area contributed by atoms with Crippen molar-refractivity contribution in [2.45, 2.75) is 30.1 Å². The largest absolute Gasteiger partial charge is 0.379 e. The molecule has 190 valence electrons. The van der Waals surface area contributed by atoms with Gasteiger partial charge in [-0.25, -0.2) is 16.8 Å². The van der Waals surface area contributed by atoms with Crippen molar-refractivity contribution in [1.82, 2.24) is 8.61 Å². The number of carbonyl (C=O) groups is 1. The van der Waals surface area contributed by atoms with Crippen molar-refractivity contribution in [3.63, 3.8) is 0 Å². The molecule has 35 heavy (non-hydrogen) atoms. The number of morpholine rings is 1. The van der Waals surface area contributed by atoms with Crippen molar-refractivity contribution in [3.8, 4) is 0 Å². The maximum absolute atomic E-state index is 13.1. The van der Waals surface area contributed by atoms with Crippen molar-refractivity contribution >= 4 is 31.6 Å². The SMILES string of the molecule is C[C@@H]1C[C@H](C)CN(S(=O)(=O)c2ccc(NC(=O)c3cccc(S(=O)(=O)N4CCOCC4)c3)cc2)C1. The fourth-order valence-corrected chi connectivity index (χ4v) is 7.73. The van der Waals surface area contributed by atoms with E-state index in [9.17, 15) is 21.6 Å². The molecule has 0 saturated carbocycles. The van der Waals surface area contributed by atoms with Gasteiger partial charge in [-0.15, -0.1) is 0 Å². The Morgan fingerprint density at radius 3 is 2.09 bits per heavy atom. The third-order valence-corrected chi connectivity index (χ3v) is 10.0. The molecule has 2 saturated heterocycles. The molecule has 2 heterocycles. The van der Waals surface area contributed by atoms with Gasteiger partial charge in [0.2, 0.25) is 20.0 Å². The fraction of sp³-hybridized carbons (Fsp3) is 0.458. The normalized spacial score (nSPS) is 22.6. The van der Waals surface area contributed by atoms with E-state index in [1.807, 2.05) is 0 Å². The molecule has 0 bridgehead atoms. The number of benzene rings is 2. The molecule has 2 aliphatic heterocycles. The van der Waals surface area contributed by atoms with Crippen molar-refractivity contribution in [2.75, 3.05) is 44.7 Å². The average molecular weight is 522 g/mol. The van der Waals surface area contributed by atoms with E-state index in [0.29, 0.717) is 43.8 Å². The summed E-state index contributed by atoms with van der Waals surface area (Å²) in [6.07, 6.45) is 1.01. The monoisotopic (exact) mass is 521 g/mol. The molecular formula is C24H31N3O6S2. The Bertz CT molecular complexity index is 1260. The molecule has 2 aromatic rings. The molecule has 0 spiro atoms. The number of sulfonamides is 2. The van der Waals surface area contributed by atoms with Gasteiger partial charge in [0.25, 0.3) is 5.91 Å². The Morgan fingerprint density at radius 1 is 0.857 bits per heavy atom. The van der Waals surface area contributed by atoms with E-state index in [4.69, 9.17) is 4.74 Å². The van der Waals surface area contributed by atoms with Gasteiger partial charge in [0, 0.05) is 37.4 Å². The highest BCUT2D eigenvalue weighted by molar-refractivity contribution is 7.89. The first-order valence-corrected chi connectivity index (χ1v) is 14.5. The lowest BCUT2D eigenvalue weighted by Crippen LogP contribution is -2.42. The first kappa shape index (κ1) is 25.8. The summed E-state index contributed by atoms with van der Waals surface area (Å²) in [5, 5.41) is 2.71. The Kier molecular flexibility index (Phi) is 7.62. The summed E-state index contributed by atoms with van der Waals surface area (Å²) in [5.41, 5.74) is 0.600. The maximum Gasteiger partial charge on any atom is 0.255 e. The molecule has 0 radical (unpaired) electrons. The fourth-order valence-electron chi connectivity index (χ4n) is 4.60. The average Bonchev–Trinajstić information content (AvgIpc) is 2.84. The highest BCUT2D eigenvalue weighted by Gasteiger charge is 2.31. The molecule has 0 aromatic heterocycles. The van der Waals surface area contributed by atoms with Crippen molar-refractivity contribution in [3.05, 3.63) is 54.1 Å². The van der Waals surface area contributed by atoms with Crippen LogP contribution in [0.25, 0.3) is 0 Å². The summed E-state index contributed by atoms with van der Waals surface area (Å²) in [5.74, 6) is 0.114. The number of nitrogens with one attached hydrogen (secondary N) is 1. The second kappa shape index (κ2) is 10.4. The lowest BCUT2D eigenvalue weighted by atomic mass is 9.94. The highest BCUT2D eigenvalue weighted by Crippen LogP contribution is 2.27. The summed E-state index contributed by atoms with van der Waals surface area (Å²) < 4.78 is 60.0. The predicted molar refractivity (Wildman–Crippen MR) is 132 cm³/mol.